The van der Waals surface area contributed by atoms with Crippen molar-refractivity contribution in [2.45, 2.75) is 34.3 Å². The number of aromatic nitrogens is 1. The van der Waals surface area contributed by atoms with Gasteiger partial charge in [-0.3, -0.25) is 0 Å². The highest BCUT2D eigenvalue weighted by Crippen LogP contribution is 2.25. The van der Waals surface area contributed by atoms with Crippen LogP contribution in [0.2, 0.25) is 0 Å². The number of hydrogen-bond donors (Lipinski definition) is 0. The number of nitriles is 1. The van der Waals surface area contributed by atoms with E-state index in [2.05, 4.69) is 11.1 Å². The predicted molar refractivity (Wildman–Crippen MR) is 70.9 cm³/mol. The molecule has 0 spiro atoms. The number of benzene rings is 1. The van der Waals surface area contributed by atoms with Gasteiger partial charge in [0.1, 0.15) is 11.5 Å². The van der Waals surface area contributed by atoms with Crippen molar-refractivity contribution < 1.29 is 9.15 Å². The minimum Gasteiger partial charge on any atom is -0.483 e. The zero-order chi connectivity index (χ0) is 14.0. The smallest absolute Gasteiger partial charge is 0.232 e. The van der Waals surface area contributed by atoms with Crippen LogP contribution in [0.15, 0.2) is 16.5 Å². The highest BCUT2D eigenvalue weighted by Gasteiger charge is 2.10. The summed E-state index contributed by atoms with van der Waals surface area (Å²) in [5.74, 6) is 2.16. The molecule has 19 heavy (non-hydrogen) atoms. The Labute approximate surface area is 112 Å². The van der Waals surface area contributed by atoms with E-state index in [4.69, 9.17) is 14.4 Å². The molecule has 0 bridgehead atoms. The molecule has 1 aromatic carbocycles. The van der Waals surface area contributed by atoms with Crippen molar-refractivity contribution in [2.24, 2.45) is 0 Å². The fourth-order valence-electron chi connectivity index (χ4n) is 1.98. The molecule has 98 valence electrons. The third kappa shape index (κ3) is 2.76. The van der Waals surface area contributed by atoms with Crippen LogP contribution >= 0.6 is 0 Å². The first-order valence-electron chi connectivity index (χ1n) is 6.08. The molecular weight excluding hydrogens is 240 g/mol. The summed E-state index contributed by atoms with van der Waals surface area (Å²) in [5.41, 5.74) is 3.41. The summed E-state index contributed by atoms with van der Waals surface area (Å²) in [4.78, 5) is 4.27. The highest BCUT2D eigenvalue weighted by atomic mass is 16.5. The van der Waals surface area contributed by atoms with Gasteiger partial charge in [-0.15, -0.1) is 0 Å². The van der Waals surface area contributed by atoms with Gasteiger partial charge < -0.3 is 9.15 Å². The number of rotatable bonds is 3. The number of aryl methyl sites for hydroxylation is 4. The van der Waals surface area contributed by atoms with E-state index >= 15 is 0 Å². The number of ether oxygens (including phenoxy) is 1. The van der Waals surface area contributed by atoms with Crippen LogP contribution in [-0.2, 0) is 6.61 Å². The van der Waals surface area contributed by atoms with E-state index in [1.807, 2.05) is 39.8 Å². The quantitative estimate of drug-likeness (QED) is 0.844. The Balaban J connectivity index is 2.18. The van der Waals surface area contributed by atoms with Gasteiger partial charge in [-0.2, -0.15) is 5.26 Å². The molecule has 0 fully saturated rings. The molecule has 0 saturated carbocycles. The SMILES string of the molecule is Cc1cc(C#N)cc(C)c1OCc1nc(C)c(C)o1. The van der Waals surface area contributed by atoms with Crippen molar-refractivity contribution in [2.75, 3.05) is 0 Å². The van der Waals surface area contributed by atoms with Crippen LogP contribution in [0.5, 0.6) is 5.75 Å². The second-order valence-electron chi connectivity index (χ2n) is 4.59. The van der Waals surface area contributed by atoms with E-state index in [0.29, 0.717) is 18.1 Å². The van der Waals surface area contributed by atoms with Gasteiger partial charge in [-0.1, -0.05) is 0 Å². The lowest BCUT2D eigenvalue weighted by Crippen LogP contribution is -2.00. The molecule has 0 amide bonds. The van der Waals surface area contributed by atoms with Crippen molar-refractivity contribution in [3.05, 3.63) is 46.2 Å². The number of hydrogen-bond acceptors (Lipinski definition) is 4. The molecule has 2 aromatic rings. The molecule has 0 aliphatic rings. The van der Waals surface area contributed by atoms with E-state index < -0.39 is 0 Å². The van der Waals surface area contributed by atoms with Crippen LogP contribution in [0.25, 0.3) is 0 Å². The Morgan fingerprint density at radius 3 is 2.32 bits per heavy atom. The molecule has 0 aliphatic heterocycles. The minimum absolute atomic E-state index is 0.294. The Morgan fingerprint density at radius 1 is 1.21 bits per heavy atom. The molecule has 1 aromatic heterocycles. The molecule has 0 aliphatic carbocycles. The predicted octanol–water partition coefficient (Wildman–Crippen LogP) is 3.36. The zero-order valence-corrected chi connectivity index (χ0v) is 11.6. The van der Waals surface area contributed by atoms with Gasteiger partial charge in [0.2, 0.25) is 5.89 Å². The lowest BCUT2D eigenvalue weighted by Gasteiger charge is -2.11. The molecule has 0 unspecified atom stereocenters. The third-order valence-electron chi connectivity index (χ3n) is 3.00. The van der Waals surface area contributed by atoms with Gasteiger partial charge in [-0.05, 0) is 51.0 Å². The third-order valence-corrected chi connectivity index (χ3v) is 3.00. The van der Waals surface area contributed by atoms with Gasteiger partial charge in [0.05, 0.1) is 17.3 Å². The van der Waals surface area contributed by atoms with Crippen LogP contribution in [0, 0.1) is 39.0 Å². The van der Waals surface area contributed by atoms with Crippen molar-refractivity contribution >= 4 is 0 Å². The Morgan fingerprint density at radius 2 is 1.84 bits per heavy atom. The Bertz CT molecular complexity index is 608. The van der Waals surface area contributed by atoms with Crippen molar-refractivity contribution in [1.82, 2.24) is 4.98 Å². The fraction of sp³-hybridized carbons (Fsp3) is 0.333. The van der Waals surface area contributed by atoms with Crippen molar-refractivity contribution in [1.29, 1.82) is 5.26 Å². The molecule has 0 atom stereocenters. The summed E-state index contributed by atoms with van der Waals surface area (Å²) in [5, 5.41) is 8.90. The maximum atomic E-state index is 8.90. The first-order chi connectivity index (χ1) is 9.01. The topological polar surface area (TPSA) is 59.0 Å². The monoisotopic (exact) mass is 256 g/mol. The van der Waals surface area contributed by atoms with Gasteiger partial charge in [0, 0.05) is 0 Å². The summed E-state index contributed by atoms with van der Waals surface area (Å²) in [6, 6.07) is 5.76. The van der Waals surface area contributed by atoms with Gasteiger partial charge in [0.25, 0.3) is 0 Å². The summed E-state index contributed by atoms with van der Waals surface area (Å²) in [6.45, 7) is 7.93. The van der Waals surface area contributed by atoms with Gasteiger partial charge in [-0.25, -0.2) is 4.98 Å². The van der Waals surface area contributed by atoms with Crippen molar-refractivity contribution in [3.63, 3.8) is 0 Å². The lowest BCUT2D eigenvalue weighted by molar-refractivity contribution is 0.257. The van der Waals surface area contributed by atoms with Gasteiger partial charge in [0.15, 0.2) is 6.61 Å². The zero-order valence-electron chi connectivity index (χ0n) is 11.6. The Kier molecular flexibility index (Phi) is 3.57. The molecule has 4 heteroatoms. The average molecular weight is 256 g/mol. The summed E-state index contributed by atoms with van der Waals surface area (Å²) in [7, 11) is 0. The minimum atomic E-state index is 0.294. The second kappa shape index (κ2) is 5.15. The summed E-state index contributed by atoms with van der Waals surface area (Å²) in [6.07, 6.45) is 0. The molecule has 2 rings (SSSR count). The number of nitrogens with zero attached hydrogens (tertiary/aromatic N) is 2. The molecule has 1 heterocycles. The maximum Gasteiger partial charge on any atom is 0.232 e. The van der Waals surface area contributed by atoms with Crippen LogP contribution in [0.4, 0.5) is 0 Å². The van der Waals surface area contributed by atoms with E-state index in [0.717, 1.165) is 28.3 Å². The van der Waals surface area contributed by atoms with Crippen LogP contribution in [-0.4, -0.2) is 4.98 Å². The lowest BCUT2D eigenvalue weighted by atomic mass is 10.1. The maximum absolute atomic E-state index is 8.90. The molecule has 0 saturated heterocycles. The number of oxazole rings is 1. The highest BCUT2D eigenvalue weighted by molar-refractivity contribution is 5.47. The van der Waals surface area contributed by atoms with Crippen LogP contribution in [0.3, 0.4) is 0 Å². The fourth-order valence-corrected chi connectivity index (χ4v) is 1.98. The van der Waals surface area contributed by atoms with E-state index in [1.165, 1.54) is 0 Å². The van der Waals surface area contributed by atoms with E-state index in [9.17, 15) is 0 Å². The normalized spacial score (nSPS) is 10.3. The van der Waals surface area contributed by atoms with E-state index in [1.54, 1.807) is 0 Å². The average Bonchev–Trinajstić information content (AvgIpc) is 2.67. The molecular formula is C15H16N2O2. The van der Waals surface area contributed by atoms with Crippen LogP contribution < -0.4 is 4.74 Å². The first kappa shape index (κ1) is 13.2. The van der Waals surface area contributed by atoms with Gasteiger partial charge >= 0.3 is 0 Å². The molecule has 0 radical (unpaired) electrons. The second-order valence-corrected chi connectivity index (χ2v) is 4.59. The molecule has 0 N–H and O–H groups in total. The van der Waals surface area contributed by atoms with Crippen molar-refractivity contribution in [3.8, 4) is 11.8 Å². The molecule has 4 nitrogen and oxygen atoms in total. The van der Waals surface area contributed by atoms with Crippen LogP contribution in [0.1, 0.15) is 34.0 Å². The summed E-state index contributed by atoms with van der Waals surface area (Å²) < 4.78 is 11.2. The standard InChI is InChI=1S/C15H16N2O2/c1-9-5-13(7-16)6-10(2)15(9)18-8-14-17-11(3)12(4)19-14/h5-6H,8H2,1-4H3. The summed E-state index contributed by atoms with van der Waals surface area (Å²) >= 11 is 0. The largest absolute Gasteiger partial charge is 0.483 e. The first-order valence-corrected chi connectivity index (χ1v) is 6.08. The van der Waals surface area contributed by atoms with E-state index in [-0.39, 0.29) is 0 Å². The Hall–Kier alpha value is -2.28.